The molecule has 4 heterocycles. The standard InChI is InChI=1S/C48H28N6OS/c1-4-13-29(14-5-1)43-49-44(30-15-6-2-7-16-30)51-47(50-43)33-23-25-35-41(28-33)56-40-22-12-20-36(42(35)40)48-53-45(31-17-8-3-9-18-31)52-46(54-48)32-24-26-39-37(27-32)34-19-10-11-21-38(34)55-39/h1-28H. The third-order valence-corrected chi connectivity index (χ3v) is 11.1. The van der Waals surface area contributed by atoms with E-state index in [0.29, 0.717) is 34.9 Å². The SMILES string of the molecule is c1ccc(-c2nc(-c3ccccc3)nc(-c3ccc4c(c3)sc3cccc(-c5nc(-c6ccccc6)nc(-c6ccc7oc8ccccc8c7c6)n5)c34)n2)cc1. The zero-order valence-corrected chi connectivity index (χ0v) is 30.5. The van der Waals surface area contributed by atoms with Crippen molar-refractivity contribution in [3.8, 4) is 68.3 Å². The first kappa shape index (κ1) is 32.0. The van der Waals surface area contributed by atoms with Gasteiger partial charge in [0.05, 0.1) is 0 Å². The van der Waals surface area contributed by atoms with E-state index in [1.165, 1.54) is 0 Å². The van der Waals surface area contributed by atoms with Crippen molar-refractivity contribution in [1.82, 2.24) is 29.9 Å². The van der Waals surface area contributed by atoms with Crippen molar-refractivity contribution in [2.45, 2.75) is 0 Å². The van der Waals surface area contributed by atoms with Crippen LogP contribution in [0.1, 0.15) is 0 Å². The van der Waals surface area contributed by atoms with Gasteiger partial charge in [-0.25, -0.2) is 29.9 Å². The summed E-state index contributed by atoms with van der Waals surface area (Å²) in [5, 5.41) is 4.28. The van der Waals surface area contributed by atoms with Gasteiger partial charge in [-0.1, -0.05) is 133 Å². The normalized spacial score (nSPS) is 11.6. The summed E-state index contributed by atoms with van der Waals surface area (Å²) >= 11 is 1.73. The Hall–Kier alpha value is -7.42. The lowest BCUT2D eigenvalue weighted by Gasteiger charge is -2.10. The highest BCUT2D eigenvalue weighted by molar-refractivity contribution is 7.26. The van der Waals surface area contributed by atoms with Crippen molar-refractivity contribution in [2.24, 2.45) is 0 Å². The quantitative estimate of drug-likeness (QED) is 0.168. The topological polar surface area (TPSA) is 90.5 Å². The van der Waals surface area contributed by atoms with E-state index in [9.17, 15) is 0 Å². The second-order valence-electron chi connectivity index (χ2n) is 13.5. The Morgan fingerprint density at radius 3 is 1.45 bits per heavy atom. The molecule has 0 aliphatic heterocycles. The van der Waals surface area contributed by atoms with Gasteiger partial charge < -0.3 is 4.42 Å². The van der Waals surface area contributed by atoms with Crippen LogP contribution in [-0.4, -0.2) is 29.9 Å². The molecule has 7 nitrogen and oxygen atoms in total. The molecule has 0 unspecified atom stereocenters. The van der Waals surface area contributed by atoms with E-state index in [1.807, 2.05) is 121 Å². The molecule has 4 aromatic heterocycles. The van der Waals surface area contributed by atoms with Crippen LogP contribution in [0.15, 0.2) is 174 Å². The molecule has 0 aliphatic rings. The highest BCUT2D eigenvalue weighted by Gasteiger charge is 2.19. The second-order valence-corrected chi connectivity index (χ2v) is 14.6. The zero-order valence-electron chi connectivity index (χ0n) is 29.7. The van der Waals surface area contributed by atoms with Crippen LogP contribution in [0.2, 0.25) is 0 Å². The Kier molecular flexibility index (Phi) is 7.53. The molecule has 7 aromatic carbocycles. The number of nitrogens with zero attached hydrogens (tertiary/aromatic N) is 6. The Morgan fingerprint density at radius 1 is 0.321 bits per heavy atom. The largest absolute Gasteiger partial charge is 0.456 e. The molecule has 0 N–H and O–H groups in total. The monoisotopic (exact) mass is 736 g/mol. The van der Waals surface area contributed by atoms with Crippen LogP contribution in [-0.2, 0) is 0 Å². The number of fused-ring (bicyclic) bond motifs is 6. The molecule has 0 radical (unpaired) electrons. The lowest BCUT2D eigenvalue weighted by molar-refractivity contribution is 0.669. The number of rotatable bonds is 6. The average molecular weight is 737 g/mol. The Bertz CT molecular complexity index is 3200. The highest BCUT2D eigenvalue weighted by atomic mass is 32.1. The van der Waals surface area contributed by atoms with E-state index >= 15 is 0 Å². The van der Waals surface area contributed by atoms with Gasteiger partial charge in [0.1, 0.15) is 11.2 Å². The molecule has 56 heavy (non-hydrogen) atoms. The molecule has 262 valence electrons. The second kappa shape index (κ2) is 13.2. The summed E-state index contributed by atoms with van der Waals surface area (Å²) in [5.41, 5.74) is 7.21. The Labute approximate surface area is 324 Å². The van der Waals surface area contributed by atoms with Crippen molar-refractivity contribution in [3.63, 3.8) is 0 Å². The van der Waals surface area contributed by atoms with Crippen LogP contribution in [0, 0.1) is 0 Å². The molecule has 0 bridgehead atoms. The fourth-order valence-corrected chi connectivity index (χ4v) is 8.47. The smallest absolute Gasteiger partial charge is 0.164 e. The summed E-state index contributed by atoms with van der Waals surface area (Å²) < 4.78 is 8.38. The van der Waals surface area contributed by atoms with Crippen molar-refractivity contribution < 1.29 is 4.42 Å². The molecular formula is C48H28N6OS. The third kappa shape index (κ3) is 5.59. The van der Waals surface area contributed by atoms with Gasteiger partial charge >= 0.3 is 0 Å². The average Bonchev–Trinajstić information content (AvgIpc) is 3.85. The number of thiophene rings is 1. The molecular weight excluding hydrogens is 709 g/mol. The summed E-state index contributed by atoms with van der Waals surface area (Å²) in [5.74, 6) is 3.70. The summed E-state index contributed by atoms with van der Waals surface area (Å²) in [7, 11) is 0. The molecule has 0 fully saturated rings. The van der Waals surface area contributed by atoms with E-state index in [-0.39, 0.29) is 0 Å². The Balaban J connectivity index is 1.07. The van der Waals surface area contributed by atoms with Gasteiger partial charge in [-0.2, -0.15) is 0 Å². The molecule has 0 aliphatic carbocycles. The van der Waals surface area contributed by atoms with Crippen LogP contribution in [0.3, 0.4) is 0 Å². The van der Waals surface area contributed by atoms with Crippen LogP contribution in [0.4, 0.5) is 0 Å². The van der Waals surface area contributed by atoms with Crippen molar-refractivity contribution in [2.75, 3.05) is 0 Å². The molecule has 0 amide bonds. The summed E-state index contributed by atoms with van der Waals surface area (Å²) in [4.78, 5) is 30.2. The summed E-state index contributed by atoms with van der Waals surface area (Å²) in [6.07, 6.45) is 0. The maximum Gasteiger partial charge on any atom is 0.164 e. The van der Waals surface area contributed by atoms with Gasteiger partial charge in [-0.15, -0.1) is 11.3 Å². The van der Waals surface area contributed by atoms with Crippen molar-refractivity contribution in [1.29, 1.82) is 0 Å². The molecule has 0 saturated carbocycles. The summed E-state index contributed by atoms with van der Waals surface area (Å²) in [6.45, 7) is 0. The fourth-order valence-electron chi connectivity index (χ4n) is 7.30. The van der Waals surface area contributed by atoms with Gasteiger partial charge in [0.15, 0.2) is 34.9 Å². The first-order chi connectivity index (χ1) is 27.7. The third-order valence-electron chi connectivity index (χ3n) is 10.00. The van der Waals surface area contributed by atoms with Crippen LogP contribution in [0.5, 0.6) is 0 Å². The van der Waals surface area contributed by atoms with E-state index in [1.54, 1.807) is 11.3 Å². The minimum Gasteiger partial charge on any atom is -0.456 e. The van der Waals surface area contributed by atoms with Gasteiger partial charge in [0.25, 0.3) is 0 Å². The van der Waals surface area contributed by atoms with E-state index in [0.717, 1.165) is 75.5 Å². The number of aromatic nitrogens is 6. The van der Waals surface area contributed by atoms with Crippen molar-refractivity contribution >= 4 is 53.4 Å². The Morgan fingerprint density at radius 2 is 0.821 bits per heavy atom. The maximum atomic E-state index is 6.14. The highest BCUT2D eigenvalue weighted by Crippen LogP contribution is 2.41. The molecule has 11 rings (SSSR count). The molecule has 11 aromatic rings. The number of hydrogen-bond donors (Lipinski definition) is 0. The van der Waals surface area contributed by atoms with E-state index < -0.39 is 0 Å². The molecule has 0 atom stereocenters. The minimum absolute atomic E-state index is 0.595. The maximum absolute atomic E-state index is 6.14. The predicted molar refractivity (Wildman–Crippen MR) is 226 cm³/mol. The van der Waals surface area contributed by atoms with Gasteiger partial charge in [-0.3, -0.25) is 0 Å². The minimum atomic E-state index is 0.595. The first-order valence-electron chi connectivity index (χ1n) is 18.3. The fraction of sp³-hybridized carbons (Fsp3) is 0. The zero-order chi connectivity index (χ0) is 37.0. The van der Waals surface area contributed by atoms with Gasteiger partial charge in [0, 0.05) is 64.3 Å². The van der Waals surface area contributed by atoms with Crippen molar-refractivity contribution in [3.05, 3.63) is 170 Å². The number of furan rings is 1. The lowest BCUT2D eigenvalue weighted by atomic mass is 10.0. The van der Waals surface area contributed by atoms with Crippen LogP contribution in [0.25, 0.3) is 110 Å². The molecule has 0 saturated heterocycles. The van der Waals surface area contributed by atoms with Gasteiger partial charge in [-0.05, 0) is 36.4 Å². The van der Waals surface area contributed by atoms with Crippen LogP contribution < -0.4 is 0 Å². The summed E-state index contributed by atoms with van der Waals surface area (Å²) in [6, 6.07) is 57.2. The van der Waals surface area contributed by atoms with Gasteiger partial charge in [0.2, 0.25) is 0 Å². The molecule has 0 spiro atoms. The number of benzene rings is 7. The van der Waals surface area contributed by atoms with Crippen LogP contribution >= 0.6 is 11.3 Å². The van der Waals surface area contributed by atoms with E-state index in [2.05, 4.69) is 48.5 Å². The lowest BCUT2D eigenvalue weighted by Crippen LogP contribution is -2.00. The molecule has 8 heteroatoms. The number of para-hydroxylation sites is 1. The first-order valence-corrected chi connectivity index (χ1v) is 19.1. The van der Waals surface area contributed by atoms with E-state index in [4.69, 9.17) is 34.3 Å². The number of hydrogen-bond acceptors (Lipinski definition) is 8. The predicted octanol–water partition coefficient (Wildman–Crippen LogP) is 12.3.